The lowest BCUT2D eigenvalue weighted by Gasteiger charge is -2.39. The maximum absolute atomic E-state index is 13.1. The van der Waals surface area contributed by atoms with Crippen LogP contribution in [0.2, 0.25) is 0 Å². The van der Waals surface area contributed by atoms with Crippen LogP contribution in [0.3, 0.4) is 0 Å². The molecule has 0 radical (unpaired) electrons. The average Bonchev–Trinajstić information content (AvgIpc) is 2.63. The SMILES string of the molecule is O=C(O)C1CCC(C(=O)N2CCCCC2Cc2ccc(F)cc2)CC1. The van der Waals surface area contributed by atoms with Gasteiger partial charge in [-0.2, -0.15) is 0 Å². The zero-order valence-electron chi connectivity index (χ0n) is 14.5. The normalized spacial score (nSPS) is 27.1. The lowest BCUT2D eigenvalue weighted by atomic mass is 9.80. The number of hydrogen-bond acceptors (Lipinski definition) is 2. The first kappa shape index (κ1) is 17.9. The van der Waals surface area contributed by atoms with Crippen molar-refractivity contribution in [1.82, 2.24) is 4.90 Å². The quantitative estimate of drug-likeness (QED) is 0.905. The van der Waals surface area contributed by atoms with Gasteiger partial charge in [0, 0.05) is 18.5 Å². The molecule has 0 bridgehead atoms. The fraction of sp³-hybridized carbons (Fsp3) is 0.600. The largest absolute Gasteiger partial charge is 0.481 e. The van der Waals surface area contributed by atoms with Gasteiger partial charge in [-0.3, -0.25) is 9.59 Å². The van der Waals surface area contributed by atoms with Crippen molar-refractivity contribution >= 4 is 11.9 Å². The van der Waals surface area contributed by atoms with Crippen LogP contribution in [0.25, 0.3) is 0 Å². The summed E-state index contributed by atoms with van der Waals surface area (Å²) in [6, 6.07) is 6.70. The maximum Gasteiger partial charge on any atom is 0.306 e. The van der Waals surface area contributed by atoms with Crippen LogP contribution in [0, 0.1) is 17.7 Å². The predicted octanol–water partition coefficient (Wildman–Crippen LogP) is 3.64. The third-order valence-corrected chi connectivity index (χ3v) is 5.72. The van der Waals surface area contributed by atoms with Crippen molar-refractivity contribution in [3.63, 3.8) is 0 Å². The molecule has 1 atom stereocenters. The first-order valence-electron chi connectivity index (χ1n) is 9.32. The molecule has 1 aromatic rings. The maximum atomic E-state index is 13.1. The summed E-state index contributed by atoms with van der Waals surface area (Å²) in [5.41, 5.74) is 1.06. The van der Waals surface area contributed by atoms with E-state index in [9.17, 15) is 14.0 Å². The summed E-state index contributed by atoms with van der Waals surface area (Å²) in [6.07, 6.45) is 6.43. The Morgan fingerprint density at radius 1 is 1.00 bits per heavy atom. The van der Waals surface area contributed by atoms with Gasteiger partial charge in [0.1, 0.15) is 5.82 Å². The molecule has 2 fully saturated rings. The van der Waals surface area contributed by atoms with Gasteiger partial charge in [0.25, 0.3) is 0 Å². The minimum absolute atomic E-state index is 0.0376. The Kier molecular flexibility index (Phi) is 5.71. The Bertz CT molecular complexity index is 608. The van der Waals surface area contributed by atoms with Gasteiger partial charge in [-0.05, 0) is 69.1 Å². The second kappa shape index (κ2) is 7.98. The summed E-state index contributed by atoms with van der Waals surface area (Å²) < 4.78 is 13.1. The third kappa shape index (κ3) is 4.39. The molecule has 1 heterocycles. The highest BCUT2D eigenvalue weighted by Gasteiger charge is 2.35. The number of halogens is 1. The molecule has 1 saturated carbocycles. The van der Waals surface area contributed by atoms with E-state index in [0.717, 1.165) is 37.8 Å². The molecule has 0 spiro atoms. The van der Waals surface area contributed by atoms with Crippen LogP contribution in [-0.4, -0.2) is 34.5 Å². The number of amides is 1. The first-order valence-corrected chi connectivity index (χ1v) is 9.32. The smallest absolute Gasteiger partial charge is 0.306 e. The van der Waals surface area contributed by atoms with Gasteiger partial charge in [-0.1, -0.05) is 12.1 Å². The summed E-state index contributed by atoms with van der Waals surface area (Å²) >= 11 is 0. The molecule has 1 aliphatic heterocycles. The Hall–Kier alpha value is -1.91. The molecule has 1 unspecified atom stereocenters. The summed E-state index contributed by atoms with van der Waals surface area (Å²) in [7, 11) is 0. The highest BCUT2D eigenvalue weighted by Crippen LogP contribution is 2.32. The Morgan fingerprint density at radius 2 is 1.64 bits per heavy atom. The fourth-order valence-electron chi connectivity index (χ4n) is 4.22. The van der Waals surface area contributed by atoms with Gasteiger partial charge in [-0.25, -0.2) is 4.39 Å². The molecule has 1 aliphatic carbocycles. The van der Waals surface area contributed by atoms with Gasteiger partial charge in [0.05, 0.1) is 5.92 Å². The van der Waals surface area contributed by atoms with E-state index < -0.39 is 5.97 Å². The number of rotatable bonds is 4. The molecular formula is C20H26FNO3. The molecule has 2 aliphatic rings. The zero-order valence-corrected chi connectivity index (χ0v) is 14.5. The molecule has 0 aromatic heterocycles. The van der Waals surface area contributed by atoms with Crippen LogP contribution in [0.5, 0.6) is 0 Å². The van der Waals surface area contributed by atoms with Crippen molar-refractivity contribution in [2.24, 2.45) is 11.8 Å². The number of benzene rings is 1. The van der Waals surface area contributed by atoms with E-state index >= 15 is 0 Å². The number of piperidine rings is 1. The van der Waals surface area contributed by atoms with Gasteiger partial charge >= 0.3 is 5.97 Å². The van der Waals surface area contributed by atoms with E-state index in [-0.39, 0.29) is 29.6 Å². The van der Waals surface area contributed by atoms with Crippen LogP contribution >= 0.6 is 0 Å². The van der Waals surface area contributed by atoms with Gasteiger partial charge in [0.2, 0.25) is 5.91 Å². The third-order valence-electron chi connectivity index (χ3n) is 5.72. The molecule has 1 N–H and O–H groups in total. The summed E-state index contributed by atoms with van der Waals surface area (Å²) in [5.74, 6) is -1.12. The van der Waals surface area contributed by atoms with E-state index in [4.69, 9.17) is 5.11 Å². The molecular weight excluding hydrogens is 321 g/mol. The highest BCUT2D eigenvalue weighted by molar-refractivity contribution is 5.80. The molecule has 1 aromatic carbocycles. The van der Waals surface area contributed by atoms with Crippen LogP contribution in [0.4, 0.5) is 4.39 Å². The molecule has 3 rings (SSSR count). The van der Waals surface area contributed by atoms with Crippen LogP contribution < -0.4 is 0 Å². The van der Waals surface area contributed by atoms with E-state index in [1.165, 1.54) is 12.1 Å². The van der Waals surface area contributed by atoms with Crippen molar-refractivity contribution in [2.75, 3.05) is 6.54 Å². The summed E-state index contributed by atoms with van der Waals surface area (Å²) in [5, 5.41) is 9.12. The fourth-order valence-corrected chi connectivity index (χ4v) is 4.22. The number of aliphatic carboxylic acids is 1. The number of carboxylic acids is 1. The number of carbonyl (C=O) groups is 2. The predicted molar refractivity (Wildman–Crippen MR) is 92.5 cm³/mol. The Morgan fingerprint density at radius 3 is 2.28 bits per heavy atom. The lowest BCUT2D eigenvalue weighted by Crippen LogP contribution is -2.48. The minimum Gasteiger partial charge on any atom is -0.481 e. The number of hydrogen-bond donors (Lipinski definition) is 1. The van der Waals surface area contributed by atoms with Gasteiger partial charge in [-0.15, -0.1) is 0 Å². The summed E-state index contributed by atoms with van der Waals surface area (Å²) in [6.45, 7) is 0.781. The van der Waals surface area contributed by atoms with Gasteiger partial charge in [0.15, 0.2) is 0 Å². The number of nitrogens with zero attached hydrogens (tertiary/aromatic N) is 1. The Labute approximate surface area is 148 Å². The molecule has 1 amide bonds. The monoisotopic (exact) mass is 347 g/mol. The van der Waals surface area contributed by atoms with Crippen molar-refractivity contribution in [3.8, 4) is 0 Å². The van der Waals surface area contributed by atoms with Crippen molar-refractivity contribution in [1.29, 1.82) is 0 Å². The number of likely N-dealkylation sites (tertiary alicyclic amines) is 1. The highest BCUT2D eigenvalue weighted by atomic mass is 19.1. The van der Waals surface area contributed by atoms with Crippen LogP contribution in [0.1, 0.15) is 50.5 Å². The molecule has 136 valence electrons. The van der Waals surface area contributed by atoms with Gasteiger partial charge < -0.3 is 10.0 Å². The van der Waals surface area contributed by atoms with Crippen LogP contribution in [-0.2, 0) is 16.0 Å². The van der Waals surface area contributed by atoms with E-state index in [0.29, 0.717) is 25.7 Å². The van der Waals surface area contributed by atoms with Crippen LogP contribution in [0.15, 0.2) is 24.3 Å². The lowest BCUT2D eigenvalue weighted by molar-refractivity contribution is -0.146. The van der Waals surface area contributed by atoms with E-state index in [1.54, 1.807) is 12.1 Å². The Balaban J connectivity index is 1.63. The molecule has 25 heavy (non-hydrogen) atoms. The average molecular weight is 347 g/mol. The number of carboxylic acid groups (broad SMARTS) is 1. The molecule has 5 heteroatoms. The van der Waals surface area contributed by atoms with E-state index in [1.807, 2.05) is 4.90 Å². The topological polar surface area (TPSA) is 57.6 Å². The van der Waals surface area contributed by atoms with Crippen molar-refractivity contribution in [3.05, 3.63) is 35.6 Å². The molecule has 4 nitrogen and oxygen atoms in total. The van der Waals surface area contributed by atoms with E-state index in [2.05, 4.69) is 0 Å². The van der Waals surface area contributed by atoms with Crippen molar-refractivity contribution in [2.45, 2.75) is 57.4 Å². The standard InChI is InChI=1S/C20H26FNO3/c21-17-10-4-14(5-11-17)13-18-3-1-2-12-22(18)19(23)15-6-8-16(9-7-15)20(24)25/h4-5,10-11,15-16,18H,1-3,6-9,12-13H2,(H,24,25). The second-order valence-corrected chi connectivity index (χ2v) is 7.40. The second-order valence-electron chi connectivity index (χ2n) is 7.40. The number of carbonyl (C=O) groups excluding carboxylic acids is 1. The first-order chi connectivity index (χ1) is 12.0. The minimum atomic E-state index is -0.738. The summed E-state index contributed by atoms with van der Waals surface area (Å²) in [4.78, 5) is 26.1. The zero-order chi connectivity index (χ0) is 17.8. The van der Waals surface area contributed by atoms with Crippen molar-refractivity contribution < 1.29 is 19.1 Å². The molecule has 1 saturated heterocycles.